The third-order valence-corrected chi connectivity index (χ3v) is 2.36. The zero-order valence-corrected chi connectivity index (χ0v) is 7.68. The van der Waals surface area contributed by atoms with E-state index in [0.717, 1.165) is 0 Å². The first-order chi connectivity index (χ1) is 7.11. The number of fused-ring (bicyclic) bond motifs is 1. The minimum absolute atomic E-state index is 0.424. The summed E-state index contributed by atoms with van der Waals surface area (Å²) in [5, 5.41) is 18.2. The summed E-state index contributed by atoms with van der Waals surface area (Å²) in [5.41, 5.74) is 0.995. The first-order valence-corrected chi connectivity index (χ1v) is 4.38. The Hall–Kier alpha value is -2.10. The van der Waals surface area contributed by atoms with E-state index in [4.69, 9.17) is 5.11 Å². The summed E-state index contributed by atoms with van der Waals surface area (Å²) in [4.78, 5) is 22.3. The maximum atomic E-state index is 11.4. The number of aliphatic hydroxyl groups is 1. The molecule has 0 saturated heterocycles. The van der Waals surface area contributed by atoms with Gasteiger partial charge in [0.15, 0.2) is 5.76 Å². The number of aliphatic hydroxyl groups excluding tert-OH is 1. The van der Waals surface area contributed by atoms with Crippen molar-refractivity contribution in [3.05, 3.63) is 41.2 Å². The van der Waals surface area contributed by atoms with Crippen molar-refractivity contribution in [2.45, 2.75) is 5.92 Å². The molecule has 0 bridgehead atoms. The lowest BCUT2D eigenvalue weighted by molar-refractivity contribution is -0.142. The minimum Gasteiger partial charge on any atom is -0.504 e. The predicted molar refractivity (Wildman–Crippen MR) is 52.4 cm³/mol. The zero-order chi connectivity index (χ0) is 11.0. The highest BCUT2D eigenvalue weighted by Crippen LogP contribution is 2.29. The number of hydrogen-bond acceptors (Lipinski definition) is 3. The van der Waals surface area contributed by atoms with Crippen LogP contribution >= 0.6 is 0 Å². The minimum atomic E-state index is -1.29. The molecule has 0 amide bonds. The Morgan fingerprint density at radius 3 is 2.60 bits per heavy atom. The summed E-state index contributed by atoms with van der Waals surface area (Å²) in [6, 6.07) is 6.62. The van der Waals surface area contributed by atoms with Crippen LogP contribution in [0, 0.1) is 0 Å². The standard InChI is InChI=1S/C11H8O4/c12-8-5-6-3-1-2-4-7(6)9(10(8)13)11(14)15/h1-5,9,12H,(H,14,15). The van der Waals surface area contributed by atoms with Crippen LogP contribution in [0.4, 0.5) is 0 Å². The second-order valence-electron chi connectivity index (χ2n) is 3.29. The molecule has 0 aromatic heterocycles. The third-order valence-electron chi connectivity index (χ3n) is 2.36. The molecule has 1 aliphatic carbocycles. The van der Waals surface area contributed by atoms with E-state index in [2.05, 4.69) is 0 Å². The number of Topliss-reactive ketones (excluding diaryl/α,β-unsaturated/α-hetero) is 1. The Kier molecular flexibility index (Phi) is 2.04. The van der Waals surface area contributed by atoms with Gasteiger partial charge < -0.3 is 10.2 Å². The van der Waals surface area contributed by atoms with E-state index in [9.17, 15) is 14.7 Å². The number of hydrogen-bond donors (Lipinski definition) is 2. The molecule has 0 heterocycles. The highest BCUT2D eigenvalue weighted by Gasteiger charge is 2.35. The molecule has 76 valence electrons. The van der Waals surface area contributed by atoms with Crippen LogP contribution in [-0.2, 0) is 9.59 Å². The summed E-state index contributed by atoms with van der Waals surface area (Å²) in [6.45, 7) is 0. The van der Waals surface area contributed by atoms with Crippen molar-refractivity contribution in [3.63, 3.8) is 0 Å². The van der Waals surface area contributed by atoms with Crippen LogP contribution in [0.25, 0.3) is 6.08 Å². The van der Waals surface area contributed by atoms with Crippen molar-refractivity contribution < 1.29 is 19.8 Å². The van der Waals surface area contributed by atoms with Gasteiger partial charge in [-0.3, -0.25) is 9.59 Å². The quantitative estimate of drug-likeness (QED) is 0.677. The highest BCUT2D eigenvalue weighted by molar-refractivity contribution is 6.15. The fourth-order valence-electron chi connectivity index (χ4n) is 1.66. The first kappa shape index (κ1) is 9.45. The number of rotatable bonds is 1. The fourth-order valence-corrected chi connectivity index (χ4v) is 1.66. The van der Waals surface area contributed by atoms with Gasteiger partial charge in [-0.2, -0.15) is 0 Å². The number of carbonyl (C=O) groups excluding carboxylic acids is 1. The van der Waals surface area contributed by atoms with Gasteiger partial charge in [-0.05, 0) is 17.2 Å². The molecule has 15 heavy (non-hydrogen) atoms. The highest BCUT2D eigenvalue weighted by atomic mass is 16.4. The molecule has 4 nitrogen and oxygen atoms in total. The van der Waals surface area contributed by atoms with E-state index in [-0.39, 0.29) is 0 Å². The lowest BCUT2D eigenvalue weighted by Gasteiger charge is -2.18. The molecule has 1 unspecified atom stereocenters. The van der Waals surface area contributed by atoms with Crippen molar-refractivity contribution in [2.24, 2.45) is 0 Å². The van der Waals surface area contributed by atoms with Gasteiger partial charge in [0.25, 0.3) is 0 Å². The lowest BCUT2D eigenvalue weighted by Crippen LogP contribution is -2.26. The molecule has 2 rings (SSSR count). The van der Waals surface area contributed by atoms with Gasteiger partial charge in [-0.15, -0.1) is 0 Å². The molecule has 0 saturated carbocycles. The molecular formula is C11H8O4. The Morgan fingerprint density at radius 2 is 1.93 bits per heavy atom. The van der Waals surface area contributed by atoms with Gasteiger partial charge in [0, 0.05) is 0 Å². The smallest absolute Gasteiger partial charge is 0.319 e. The van der Waals surface area contributed by atoms with E-state index in [1.807, 2.05) is 0 Å². The summed E-state index contributed by atoms with van der Waals surface area (Å²) < 4.78 is 0. The Bertz CT molecular complexity index is 473. The lowest BCUT2D eigenvalue weighted by atomic mass is 9.85. The van der Waals surface area contributed by atoms with Gasteiger partial charge in [0.2, 0.25) is 5.78 Å². The molecule has 4 heteroatoms. The Balaban J connectivity index is 2.64. The first-order valence-electron chi connectivity index (χ1n) is 4.38. The maximum absolute atomic E-state index is 11.4. The summed E-state index contributed by atoms with van der Waals surface area (Å²) in [5.74, 6) is -3.79. The molecule has 1 atom stereocenters. The average molecular weight is 204 g/mol. The summed E-state index contributed by atoms with van der Waals surface area (Å²) in [7, 11) is 0. The Morgan fingerprint density at radius 1 is 1.27 bits per heavy atom. The maximum Gasteiger partial charge on any atom is 0.319 e. The zero-order valence-electron chi connectivity index (χ0n) is 7.68. The van der Waals surface area contributed by atoms with Crippen LogP contribution in [0.1, 0.15) is 17.0 Å². The van der Waals surface area contributed by atoms with Crippen LogP contribution in [-0.4, -0.2) is 22.0 Å². The number of carboxylic acid groups (broad SMARTS) is 1. The summed E-state index contributed by atoms with van der Waals surface area (Å²) in [6.07, 6.45) is 1.29. The SMILES string of the molecule is O=C(O)C1C(=O)C(O)=Cc2ccccc21. The molecular weight excluding hydrogens is 196 g/mol. The number of aliphatic carboxylic acids is 1. The largest absolute Gasteiger partial charge is 0.504 e. The number of ketones is 1. The van der Waals surface area contributed by atoms with Crippen LogP contribution in [0.3, 0.4) is 0 Å². The molecule has 0 aliphatic heterocycles. The molecule has 0 radical (unpaired) electrons. The van der Waals surface area contributed by atoms with E-state index >= 15 is 0 Å². The molecule has 1 aromatic carbocycles. The van der Waals surface area contributed by atoms with Gasteiger partial charge in [0.05, 0.1) is 0 Å². The number of carboxylic acids is 1. The fraction of sp³-hybridized carbons (Fsp3) is 0.0909. The van der Waals surface area contributed by atoms with Gasteiger partial charge in [-0.25, -0.2) is 0 Å². The molecule has 1 aliphatic rings. The normalized spacial score (nSPS) is 19.3. The Labute approximate surface area is 85.5 Å². The van der Waals surface area contributed by atoms with Crippen molar-refractivity contribution in [3.8, 4) is 0 Å². The monoisotopic (exact) mass is 204 g/mol. The molecule has 1 aromatic rings. The predicted octanol–water partition coefficient (Wildman–Crippen LogP) is 1.34. The van der Waals surface area contributed by atoms with Crippen LogP contribution in [0.2, 0.25) is 0 Å². The second kappa shape index (κ2) is 3.24. The van der Waals surface area contributed by atoms with Gasteiger partial charge >= 0.3 is 5.97 Å². The van der Waals surface area contributed by atoms with Crippen LogP contribution in [0.5, 0.6) is 0 Å². The second-order valence-corrected chi connectivity index (χ2v) is 3.29. The van der Waals surface area contributed by atoms with E-state index < -0.39 is 23.4 Å². The van der Waals surface area contributed by atoms with E-state index in [1.54, 1.807) is 24.3 Å². The van der Waals surface area contributed by atoms with Gasteiger partial charge in [-0.1, -0.05) is 24.3 Å². The van der Waals surface area contributed by atoms with E-state index in [1.165, 1.54) is 6.08 Å². The topological polar surface area (TPSA) is 74.6 Å². The van der Waals surface area contributed by atoms with Crippen LogP contribution in [0.15, 0.2) is 30.0 Å². The summed E-state index contributed by atoms with van der Waals surface area (Å²) >= 11 is 0. The number of allylic oxidation sites excluding steroid dienone is 1. The van der Waals surface area contributed by atoms with Crippen molar-refractivity contribution >= 4 is 17.8 Å². The van der Waals surface area contributed by atoms with Crippen molar-refractivity contribution in [1.82, 2.24) is 0 Å². The molecule has 2 N–H and O–H groups in total. The number of benzene rings is 1. The van der Waals surface area contributed by atoms with Crippen molar-refractivity contribution in [1.29, 1.82) is 0 Å². The van der Waals surface area contributed by atoms with Crippen molar-refractivity contribution in [2.75, 3.05) is 0 Å². The molecule has 0 spiro atoms. The number of carbonyl (C=O) groups is 2. The van der Waals surface area contributed by atoms with Crippen LogP contribution < -0.4 is 0 Å². The average Bonchev–Trinajstić information content (AvgIpc) is 2.19. The molecule has 0 fully saturated rings. The van der Waals surface area contributed by atoms with Gasteiger partial charge in [0.1, 0.15) is 5.92 Å². The van der Waals surface area contributed by atoms with E-state index in [0.29, 0.717) is 11.1 Å². The third kappa shape index (κ3) is 1.40.